The second-order valence-corrected chi connectivity index (χ2v) is 22.0. The first-order valence-electron chi connectivity index (χ1n) is 27.1. The molecule has 13 rings (SSSR count). The summed E-state index contributed by atoms with van der Waals surface area (Å²) < 4.78 is 63.9. The summed E-state index contributed by atoms with van der Waals surface area (Å²) >= 11 is 0. The van der Waals surface area contributed by atoms with Gasteiger partial charge in [-0.05, 0) is 128 Å². The molecule has 0 amide bonds. The number of rotatable bonds is 14. The van der Waals surface area contributed by atoms with Crippen molar-refractivity contribution in [3.8, 4) is 22.5 Å². The fourth-order valence-electron chi connectivity index (χ4n) is 11.6. The minimum atomic E-state index is -0.636. The standard InChI is InChI=1S/C29H32F2N8.C28H32F2N8O/c1-17-33-28-22(30)12-19(13-25(28)39(17)20-6-7-20)27-23(31)14-32-29(36-27)35-26-8-5-18-15-38(11-9-24(18)34-26)16-21-4-3-10-37(21)2;1-16-32-27-21(29)10-18(11-24(27)38(16)19-5-6-19)26-22(30)12-31-28(35-26)34-25-7-4-17-13-37(9-8-23(17)33-25)15-20(39)14-36(2)3/h5,8,12-14,20-21H,3-4,6-7,9-11,15-16H2,1-2H3,(H,32,34,35,36);4,7,10-12,19-20,39H,5-6,8-9,13-15H2,1-3H3,(H,31,33,34,35)/t21-;20-/m10/s1. The Kier molecular flexibility index (Phi) is 14.1. The summed E-state index contributed by atoms with van der Waals surface area (Å²) in [5, 5.41) is 16.5. The van der Waals surface area contributed by atoms with Gasteiger partial charge in [-0.15, -0.1) is 0 Å². The van der Waals surface area contributed by atoms with Crippen molar-refractivity contribution in [1.29, 1.82) is 0 Å². The van der Waals surface area contributed by atoms with E-state index >= 15 is 8.78 Å². The lowest BCUT2D eigenvalue weighted by molar-refractivity contribution is 0.0828. The van der Waals surface area contributed by atoms with Crippen molar-refractivity contribution in [1.82, 2.24) is 68.6 Å². The Balaban J connectivity index is 0.000000156. The fraction of sp³-hybridized carbons (Fsp3) is 0.439. The van der Waals surface area contributed by atoms with E-state index in [9.17, 15) is 13.9 Å². The van der Waals surface area contributed by atoms with Gasteiger partial charge in [0.15, 0.2) is 23.3 Å². The first-order chi connectivity index (χ1) is 37.7. The van der Waals surface area contributed by atoms with E-state index in [4.69, 9.17) is 9.97 Å². The first-order valence-corrected chi connectivity index (χ1v) is 27.1. The summed E-state index contributed by atoms with van der Waals surface area (Å²) in [7, 11) is 6.11. The topological polar surface area (TPSA) is 170 Å². The van der Waals surface area contributed by atoms with Crippen LogP contribution in [0.1, 0.15) is 84.8 Å². The number of likely N-dealkylation sites (tertiary alicyclic amines) is 1. The highest BCUT2D eigenvalue weighted by molar-refractivity contribution is 5.84. The maximum atomic E-state index is 15.0. The fourth-order valence-corrected chi connectivity index (χ4v) is 11.6. The smallest absolute Gasteiger partial charge is 0.229 e. The second-order valence-electron chi connectivity index (χ2n) is 22.0. The Bertz CT molecular complexity index is 3560. The van der Waals surface area contributed by atoms with Crippen LogP contribution in [0.3, 0.4) is 0 Å². The van der Waals surface area contributed by atoms with Crippen LogP contribution in [0.5, 0.6) is 0 Å². The SMILES string of the molecule is Cc1nc2c(F)cc(-c3nc(Nc4ccc5c(n4)CCN(C[C@@H](O)CN(C)C)C5)ncc3F)cc2n1C1CC1.Cc1nc2c(F)cc(-c3nc(Nc4ccc5c(n4)CCN(C[C@H]4CCCN4C)C5)ncc3F)cc2n1C1CC1. The highest BCUT2D eigenvalue weighted by atomic mass is 19.1. The number of imidazole rings is 2. The number of hydrogen-bond acceptors (Lipinski definition) is 15. The molecule has 2 saturated carbocycles. The van der Waals surface area contributed by atoms with Crippen LogP contribution in [0.2, 0.25) is 0 Å². The molecule has 3 N–H and O–H groups in total. The summed E-state index contributed by atoms with van der Waals surface area (Å²) in [6.07, 6.45) is 10.1. The number of aliphatic hydroxyl groups excluding tert-OH is 1. The van der Waals surface area contributed by atoms with Crippen molar-refractivity contribution >= 4 is 45.6 Å². The van der Waals surface area contributed by atoms with Gasteiger partial charge in [-0.3, -0.25) is 9.80 Å². The maximum Gasteiger partial charge on any atom is 0.229 e. The van der Waals surface area contributed by atoms with Gasteiger partial charge in [-0.25, -0.2) is 57.4 Å². The summed E-state index contributed by atoms with van der Waals surface area (Å²) in [6.45, 7) is 10.6. The molecule has 406 valence electrons. The van der Waals surface area contributed by atoms with E-state index in [0.717, 1.165) is 112 Å². The minimum Gasteiger partial charge on any atom is -0.390 e. The zero-order valence-corrected chi connectivity index (χ0v) is 44.6. The van der Waals surface area contributed by atoms with E-state index in [1.165, 1.54) is 37.1 Å². The molecule has 5 aliphatic rings. The third kappa shape index (κ3) is 10.9. The normalized spacial score (nSPS) is 18.3. The predicted octanol–water partition coefficient (Wildman–Crippen LogP) is 8.84. The largest absolute Gasteiger partial charge is 0.390 e. The average molecular weight is 1070 g/mol. The number of halogens is 4. The van der Waals surface area contributed by atoms with Gasteiger partial charge in [0, 0.05) is 99.3 Å². The first kappa shape index (κ1) is 51.7. The van der Waals surface area contributed by atoms with Crippen LogP contribution in [0.25, 0.3) is 44.6 Å². The molecule has 0 radical (unpaired) electrons. The van der Waals surface area contributed by atoms with Crippen LogP contribution < -0.4 is 10.6 Å². The number of benzene rings is 2. The van der Waals surface area contributed by atoms with Crippen molar-refractivity contribution in [3.05, 3.63) is 118 Å². The number of nitrogens with zero attached hydrogens (tertiary/aromatic N) is 14. The zero-order chi connectivity index (χ0) is 53.9. The number of nitrogens with one attached hydrogen (secondary N) is 2. The summed E-state index contributed by atoms with van der Waals surface area (Å²) in [6, 6.07) is 15.2. The van der Waals surface area contributed by atoms with Crippen molar-refractivity contribution < 1.29 is 22.7 Å². The van der Waals surface area contributed by atoms with Crippen LogP contribution in [-0.4, -0.2) is 146 Å². The number of aliphatic hydroxyl groups is 1. The molecular weight excluding hydrogens is 1000 g/mol. The number of pyridine rings is 2. The van der Waals surface area contributed by atoms with Crippen LogP contribution >= 0.6 is 0 Å². The molecule has 2 aliphatic carbocycles. The molecule has 3 fully saturated rings. The van der Waals surface area contributed by atoms with Crippen LogP contribution in [0.4, 0.5) is 41.1 Å². The lowest BCUT2D eigenvalue weighted by atomic mass is 10.0. The maximum absolute atomic E-state index is 15.0. The van der Waals surface area contributed by atoms with E-state index in [0.29, 0.717) is 76.0 Å². The van der Waals surface area contributed by atoms with Gasteiger partial charge in [-0.1, -0.05) is 12.1 Å². The Labute approximate surface area is 449 Å². The van der Waals surface area contributed by atoms with Gasteiger partial charge in [0.2, 0.25) is 11.9 Å². The number of aromatic nitrogens is 10. The molecular formula is C57H64F4N16O. The van der Waals surface area contributed by atoms with Crippen molar-refractivity contribution in [2.45, 2.75) is 103 Å². The second kappa shape index (κ2) is 21.3. The molecule has 8 aromatic rings. The molecule has 0 unspecified atom stereocenters. The Morgan fingerprint density at radius 3 is 1.60 bits per heavy atom. The number of aryl methyl sites for hydroxylation is 2. The molecule has 2 aromatic carbocycles. The number of anilines is 4. The molecule has 9 heterocycles. The molecule has 0 bridgehead atoms. The van der Waals surface area contributed by atoms with Gasteiger partial charge < -0.3 is 34.7 Å². The van der Waals surface area contributed by atoms with E-state index < -0.39 is 29.4 Å². The third-order valence-electron chi connectivity index (χ3n) is 15.6. The lowest BCUT2D eigenvalue weighted by Gasteiger charge is -2.32. The summed E-state index contributed by atoms with van der Waals surface area (Å²) in [5.74, 6) is 0.837. The van der Waals surface area contributed by atoms with Crippen molar-refractivity contribution in [2.75, 3.05) is 71.0 Å². The van der Waals surface area contributed by atoms with Crippen LogP contribution in [0.15, 0.2) is 60.9 Å². The highest BCUT2D eigenvalue weighted by Crippen LogP contribution is 2.42. The van der Waals surface area contributed by atoms with Gasteiger partial charge in [0.05, 0.1) is 29.5 Å². The molecule has 3 aliphatic heterocycles. The third-order valence-corrected chi connectivity index (χ3v) is 15.6. The van der Waals surface area contributed by atoms with Crippen LogP contribution in [-0.2, 0) is 25.9 Å². The summed E-state index contributed by atoms with van der Waals surface area (Å²) in [4.78, 5) is 44.6. The van der Waals surface area contributed by atoms with Gasteiger partial charge in [0.1, 0.15) is 45.7 Å². The van der Waals surface area contributed by atoms with E-state index in [-0.39, 0.29) is 23.3 Å². The van der Waals surface area contributed by atoms with Crippen molar-refractivity contribution in [2.24, 2.45) is 0 Å². The Hall–Kier alpha value is -7.04. The Morgan fingerprint density at radius 2 is 1.13 bits per heavy atom. The highest BCUT2D eigenvalue weighted by Gasteiger charge is 2.31. The van der Waals surface area contributed by atoms with Gasteiger partial charge in [-0.2, -0.15) is 0 Å². The zero-order valence-electron chi connectivity index (χ0n) is 44.6. The van der Waals surface area contributed by atoms with Gasteiger partial charge in [0.25, 0.3) is 0 Å². The number of β-amino-alcohol motifs (C(OH)–C–C–N with tert-alkyl or cyclic N) is 1. The monoisotopic (exact) mass is 1060 g/mol. The summed E-state index contributed by atoms with van der Waals surface area (Å²) in [5.41, 5.74) is 7.04. The van der Waals surface area contributed by atoms with E-state index in [1.54, 1.807) is 12.1 Å². The number of likely N-dealkylation sites (N-methyl/N-ethyl adjacent to an activating group) is 2. The lowest BCUT2D eigenvalue weighted by Crippen LogP contribution is -2.41. The predicted molar refractivity (Wildman–Crippen MR) is 291 cm³/mol. The minimum absolute atomic E-state index is 0.0133. The molecule has 1 saturated heterocycles. The molecule has 2 atom stereocenters. The van der Waals surface area contributed by atoms with Crippen LogP contribution in [0, 0.1) is 37.1 Å². The molecule has 0 spiro atoms. The molecule has 6 aromatic heterocycles. The Morgan fingerprint density at radius 1 is 0.628 bits per heavy atom. The van der Waals surface area contributed by atoms with E-state index in [2.05, 4.69) is 68.4 Å². The number of fused-ring (bicyclic) bond motifs is 4. The average Bonchev–Trinajstić information content (AvgIpc) is 4.53. The van der Waals surface area contributed by atoms with Crippen molar-refractivity contribution in [3.63, 3.8) is 0 Å². The molecule has 17 nitrogen and oxygen atoms in total. The molecule has 78 heavy (non-hydrogen) atoms. The van der Waals surface area contributed by atoms with E-state index in [1.807, 2.05) is 60.2 Å². The van der Waals surface area contributed by atoms with Gasteiger partial charge >= 0.3 is 0 Å². The number of hydrogen-bond donors (Lipinski definition) is 3. The molecule has 21 heteroatoms. The quantitative estimate of drug-likeness (QED) is 0.0883.